The number of benzene rings is 1. The fraction of sp³-hybridized carbons (Fsp3) is 0.500. The SMILES string of the molecule is Cc1c(C#N)cccc1[C@H]1CN2CCN(C(=O)O)C[C@H]2CO1. The van der Waals surface area contributed by atoms with E-state index in [0.29, 0.717) is 25.3 Å². The summed E-state index contributed by atoms with van der Waals surface area (Å²) in [4.78, 5) is 14.8. The first-order valence-electron chi connectivity index (χ1n) is 7.43. The number of ether oxygens (including phenoxy) is 1. The Balaban J connectivity index is 1.74. The molecule has 1 aromatic carbocycles. The molecule has 0 aromatic heterocycles. The summed E-state index contributed by atoms with van der Waals surface area (Å²) >= 11 is 0. The van der Waals surface area contributed by atoms with Crippen molar-refractivity contribution in [1.82, 2.24) is 9.80 Å². The van der Waals surface area contributed by atoms with Crippen molar-refractivity contribution in [3.05, 3.63) is 34.9 Å². The van der Waals surface area contributed by atoms with Crippen LogP contribution in [0.15, 0.2) is 18.2 Å². The third kappa shape index (κ3) is 2.65. The van der Waals surface area contributed by atoms with Crippen molar-refractivity contribution in [1.29, 1.82) is 5.26 Å². The minimum atomic E-state index is -0.862. The molecule has 2 atom stereocenters. The molecule has 2 aliphatic rings. The zero-order valence-electron chi connectivity index (χ0n) is 12.5. The number of piperazine rings is 1. The number of nitriles is 1. The van der Waals surface area contributed by atoms with Gasteiger partial charge in [0.05, 0.1) is 30.4 Å². The van der Waals surface area contributed by atoms with Gasteiger partial charge >= 0.3 is 6.09 Å². The Morgan fingerprint density at radius 3 is 2.95 bits per heavy atom. The third-order valence-corrected chi connectivity index (χ3v) is 4.61. The second-order valence-corrected chi connectivity index (χ2v) is 5.83. The van der Waals surface area contributed by atoms with Crippen LogP contribution in [0.1, 0.15) is 22.8 Å². The second kappa shape index (κ2) is 5.95. The molecule has 2 saturated heterocycles. The van der Waals surface area contributed by atoms with Gasteiger partial charge in [0.1, 0.15) is 0 Å². The van der Waals surface area contributed by atoms with Crippen LogP contribution in [-0.2, 0) is 4.74 Å². The molecule has 3 rings (SSSR count). The predicted octanol–water partition coefficient (Wildman–Crippen LogP) is 1.60. The van der Waals surface area contributed by atoms with Gasteiger partial charge in [-0.15, -0.1) is 0 Å². The van der Waals surface area contributed by atoms with Crippen molar-refractivity contribution in [2.24, 2.45) is 0 Å². The van der Waals surface area contributed by atoms with E-state index in [1.54, 1.807) is 0 Å². The van der Waals surface area contributed by atoms with Gasteiger partial charge in [-0.25, -0.2) is 4.79 Å². The van der Waals surface area contributed by atoms with Gasteiger partial charge in [-0.1, -0.05) is 12.1 Å². The zero-order chi connectivity index (χ0) is 15.7. The summed E-state index contributed by atoms with van der Waals surface area (Å²) in [6.45, 7) is 4.98. The van der Waals surface area contributed by atoms with Crippen molar-refractivity contribution < 1.29 is 14.6 Å². The molecule has 0 saturated carbocycles. The first kappa shape index (κ1) is 14.8. The highest BCUT2D eigenvalue weighted by Crippen LogP contribution is 2.29. The van der Waals surface area contributed by atoms with E-state index in [2.05, 4.69) is 11.0 Å². The highest BCUT2D eigenvalue weighted by Gasteiger charge is 2.35. The summed E-state index contributed by atoms with van der Waals surface area (Å²) in [5.41, 5.74) is 2.70. The van der Waals surface area contributed by atoms with Crippen molar-refractivity contribution in [3.63, 3.8) is 0 Å². The van der Waals surface area contributed by atoms with E-state index >= 15 is 0 Å². The number of amides is 1. The first-order chi connectivity index (χ1) is 10.6. The van der Waals surface area contributed by atoms with Crippen LogP contribution in [0, 0.1) is 18.3 Å². The number of carbonyl (C=O) groups is 1. The molecule has 2 heterocycles. The van der Waals surface area contributed by atoms with Crippen LogP contribution in [0.2, 0.25) is 0 Å². The Hall–Kier alpha value is -2.10. The monoisotopic (exact) mass is 301 g/mol. The molecule has 0 radical (unpaired) electrons. The Morgan fingerprint density at radius 1 is 1.41 bits per heavy atom. The average Bonchev–Trinajstić information content (AvgIpc) is 2.54. The molecule has 0 spiro atoms. The van der Waals surface area contributed by atoms with Gasteiger partial charge in [0.15, 0.2) is 0 Å². The summed E-state index contributed by atoms with van der Waals surface area (Å²) in [5, 5.41) is 18.2. The fourth-order valence-electron chi connectivity index (χ4n) is 3.27. The molecule has 2 aliphatic heterocycles. The predicted molar refractivity (Wildman–Crippen MR) is 79.5 cm³/mol. The van der Waals surface area contributed by atoms with Crippen LogP contribution < -0.4 is 0 Å². The maximum atomic E-state index is 11.1. The summed E-state index contributed by atoms with van der Waals surface area (Å²) in [5.74, 6) is 0. The van der Waals surface area contributed by atoms with Gasteiger partial charge in [0.2, 0.25) is 0 Å². The third-order valence-electron chi connectivity index (χ3n) is 4.61. The van der Waals surface area contributed by atoms with Gasteiger partial charge in [-0.3, -0.25) is 4.90 Å². The summed E-state index contributed by atoms with van der Waals surface area (Å²) in [6, 6.07) is 8.05. The van der Waals surface area contributed by atoms with Crippen LogP contribution in [0.25, 0.3) is 0 Å². The van der Waals surface area contributed by atoms with E-state index < -0.39 is 6.09 Å². The number of nitrogens with zero attached hydrogens (tertiary/aromatic N) is 3. The molecule has 22 heavy (non-hydrogen) atoms. The Kier molecular flexibility index (Phi) is 4.01. The van der Waals surface area contributed by atoms with Gasteiger partial charge in [-0.05, 0) is 24.1 Å². The number of carboxylic acid groups (broad SMARTS) is 1. The van der Waals surface area contributed by atoms with Crippen LogP contribution in [-0.4, -0.2) is 59.8 Å². The van der Waals surface area contributed by atoms with Crippen LogP contribution in [0.3, 0.4) is 0 Å². The zero-order valence-corrected chi connectivity index (χ0v) is 12.5. The quantitative estimate of drug-likeness (QED) is 0.852. The normalized spacial score (nSPS) is 25.4. The molecular formula is C16H19N3O3. The smallest absolute Gasteiger partial charge is 0.407 e. The van der Waals surface area contributed by atoms with Crippen molar-refractivity contribution >= 4 is 6.09 Å². The lowest BCUT2D eigenvalue weighted by Crippen LogP contribution is -2.59. The van der Waals surface area contributed by atoms with E-state index in [1.165, 1.54) is 4.90 Å². The fourth-order valence-corrected chi connectivity index (χ4v) is 3.27. The van der Waals surface area contributed by atoms with E-state index in [0.717, 1.165) is 24.2 Å². The Labute approximate surface area is 129 Å². The summed E-state index contributed by atoms with van der Waals surface area (Å²) in [6.07, 6.45) is -0.916. The summed E-state index contributed by atoms with van der Waals surface area (Å²) < 4.78 is 5.97. The largest absolute Gasteiger partial charge is 0.465 e. The maximum Gasteiger partial charge on any atom is 0.407 e. The van der Waals surface area contributed by atoms with Crippen molar-refractivity contribution in [2.45, 2.75) is 19.1 Å². The minimum absolute atomic E-state index is 0.0547. The van der Waals surface area contributed by atoms with E-state index in [4.69, 9.17) is 15.1 Å². The standard InChI is InChI=1S/C16H19N3O3/c1-11-12(7-17)3-2-4-14(11)15-9-18-5-6-19(16(20)21)8-13(18)10-22-15/h2-4,13,15H,5-6,8-10H2,1H3,(H,20,21)/t13-,15+/m0/s1. The van der Waals surface area contributed by atoms with E-state index in [9.17, 15) is 4.79 Å². The lowest BCUT2D eigenvalue weighted by atomic mass is 9.96. The molecule has 116 valence electrons. The topological polar surface area (TPSA) is 76.8 Å². The average molecular weight is 301 g/mol. The lowest BCUT2D eigenvalue weighted by molar-refractivity contribution is -0.0868. The number of hydrogen-bond donors (Lipinski definition) is 1. The molecule has 1 amide bonds. The molecule has 1 N–H and O–H groups in total. The Morgan fingerprint density at radius 2 is 2.23 bits per heavy atom. The summed E-state index contributed by atoms with van der Waals surface area (Å²) in [7, 11) is 0. The molecule has 0 unspecified atom stereocenters. The van der Waals surface area contributed by atoms with Gasteiger partial charge in [-0.2, -0.15) is 5.26 Å². The molecule has 1 aromatic rings. The second-order valence-electron chi connectivity index (χ2n) is 5.83. The highest BCUT2D eigenvalue weighted by atomic mass is 16.5. The van der Waals surface area contributed by atoms with Crippen molar-refractivity contribution in [3.8, 4) is 6.07 Å². The molecule has 0 aliphatic carbocycles. The van der Waals surface area contributed by atoms with E-state index in [1.807, 2.05) is 25.1 Å². The lowest BCUT2D eigenvalue weighted by Gasteiger charge is -2.45. The highest BCUT2D eigenvalue weighted by molar-refractivity contribution is 5.65. The van der Waals surface area contributed by atoms with Gasteiger partial charge < -0.3 is 14.7 Å². The first-order valence-corrected chi connectivity index (χ1v) is 7.43. The molecule has 6 nitrogen and oxygen atoms in total. The van der Waals surface area contributed by atoms with Gasteiger partial charge in [0.25, 0.3) is 0 Å². The molecule has 6 heteroatoms. The molecular weight excluding hydrogens is 282 g/mol. The molecule has 2 fully saturated rings. The van der Waals surface area contributed by atoms with E-state index in [-0.39, 0.29) is 12.1 Å². The van der Waals surface area contributed by atoms with Crippen LogP contribution >= 0.6 is 0 Å². The number of fused-ring (bicyclic) bond motifs is 1. The number of hydrogen-bond acceptors (Lipinski definition) is 4. The Bertz CT molecular complexity index is 626. The number of rotatable bonds is 1. The number of morpholine rings is 1. The minimum Gasteiger partial charge on any atom is -0.465 e. The maximum absolute atomic E-state index is 11.1. The van der Waals surface area contributed by atoms with Crippen molar-refractivity contribution in [2.75, 3.05) is 32.8 Å². The molecule has 0 bridgehead atoms. The van der Waals surface area contributed by atoms with Gasteiger partial charge in [0, 0.05) is 26.2 Å². The van der Waals surface area contributed by atoms with Crippen LogP contribution in [0.5, 0.6) is 0 Å². The van der Waals surface area contributed by atoms with Crippen LogP contribution in [0.4, 0.5) is 4.79 Å².